The Labute approximate surface area is 129 Å². The van der Waals surface area contributed by atoms with E-state index in [2.05, 4.69) is 4.90 Å². The van der Waals surface area contributed by atoms with Crippen molar-refractivity contribution in [2.75, 3.05) is 6.54 Å². The average Bonchev–Trinajstić information content (AvgIpc) is 3.20. The van der Waals surface area contributed by atoms with Crippen LogP contribution in [-0.2, 0) is 6.54 Å². The van der Waals surface area contributed by atoms with Crippen molar-refractivity contribution in [3.8, 4) is 0 Å². The fourth-order valence-electron chi connectivity index (χ4n) is 2.48. The van der Waals surface area contributed by atoms with Crippen molar-refractivity contribution in [1.82, 2.24) is 4.90 Å². The standard InChI is InChI=1S/C17H18ClNO2/c18-14-4-1-3-13(11-14)17(20)8-9-19(15-6-7-15)12-16-5-2-10-21-16/h1-5,10-11,15H,6-9,12H2. The van der Waals surface area contributed by atoms with Crippen LogP contribution in [0.1, 0.15) is 35.4 Å². The summed E-state index contributed by atoms with van der Waals surface area (Å²) < 4.78 is 5.41. The molecule has 0 N–H and O–H groups in total. The third-order valence-corrected chi connectivity index (χ3v) is 4.01. The molecule has 1 heterocycles. The molecule has 1 fully saturated rings. The van der Waals surface area contributed by atoms with Crippen LogP contribution in [0.3, 0.4) is 0 Å². The molecule has 3 rings (SSSR count). The summed E-state index contributed by atoms with van der Waals surface area (Å²) in [5.74, 6) is 1.10. The van der Waals surface area contributed by atoms with Crippen molar-refractivity contribution < 1.29 is 9.21 Å². The molecule has 4 heteroatoms. The van der Waals surface area contributed by atoms with Crippen LogP contribution in [-0.4, -0.2) is 23.3 Å². The topological polar surface area (TPSA) is 33.5 Å². The van der Waals surface area contributed by atoms with Crippen LogP contribution < -0.4 is 0 Å². The Morgan fingerprint density at radius 3 is 2.81 bits per heavy atom. The summed E-state index contributed by atoms with van der Waals surface area (Å²) >= 11 is 5.93. The summed E-state index contributed by atoms with van der Waals surface area (Å²) in [7, 11) is 0. The highest BCUT2D eigenvalue weighted by Crippen LogP contribution is 2.28. The number of Topliss-reactive ketones (excluding diaryl/α,β-unsaturated/α-hetero) is 1. The minimum absolute atomic E-state index is 0.141. The highest BCUT2D eigenvalue weighted by Gasteiger charge is 2.29. The highest BCUT2D eigenvalue weighted by atomic mass is 35.5. The van der Waals surface area contributed by atoms with Gasteiger partial charge in [0.1, 0.15) is 5.76 Å². The Morgan fingerprint density at radius 1 is 1.29 bits per heavy atom. The fraction of sp³-hybridized carbons (Fsp3) is 0.353. The van der Waals surface area contributed by atoms with Gasteiger partial charge in [-0.3, -0.25) is 9.69 Å². The number of benzene rings is 1. The molecule has 0 aliphatic heterocycles. The van der Waals surface area contributed by atoms with Gasteiger partial charge in [-0.25, -0.2) is 0 Å². The number of hydrogen-bond donors (Lipinski definition) is 0. The molecule has 3 nitrogen and oxygen atoms in total. The average molecular weight is 304 g/mol. The van der Waals surface area contributed by atoms with Gasteiger partial charge >= 0.3 is 0 Å². The SMILES string of the molecule is O=C(CCN(Cc1ccco1)C1CC1)c1cccc(Cl)c1. The smallest absolute Gasteiger partial charge is 0.164 e. The lowest BCUT2D eigenvalue weighted by atomic mass is 10.1. The predicted molar refractivity (Wildman–Crippen MR) is 82.5 cm³/mol. The zero-order chi connectivity index (χ0) is 14.7. The van der Waals surface area contributed by atoms with Crippen LogP contribution in [0.15, 0.2) is 47.1 Å². The van der Waals surface area contributed by atoms with Crippen molar-refractivity contribution in [3.05, 3.63) is 59.0 Å². The number of carbonyl (C=O) groups excluding carboxylic acids is 1. The van der Waals surface area contributed by atoms with Crippen LogP contribution in [0.5, 0.6) is 0 Å². The van der Waals surface area contributed by atoms with Gasteiger partial charge < -0.3 is 4.42 Å². The maximum Gasteiger partial charge on any atom is 0.164 e. The van der Waals surface area contributed by atoms with Gasteiger partial charge in [-0.15, -0.1) is 0 Å². The Morgan fingerprint density at radius 2 is 2.14 bits per heavy atom. The molecule has 0 amide bonds. The third-order valence-electron chi connectivity index (χ3n) is 3.77. The second kappa shape index (κ2) is 6.46. The normalized spacial score (nSPS) is 14.6. The van der Waals surface area contributed by atoms with Gasteiger partial charge in [0.25, 0.3) is 0 Å². The molecule has 0 bridgehead atoms. The molecule has 1 saturated carbocycles. The van der Waals surface area contributed by atoms with Gasteiger partial charge in [0.15, 0.2) is 5.78 Å². The number of nitrogens with zero attached hydrogens (tertiary/aromatic N) is 1. The number of hydrogen-bond acceptors (Lipinski definition) is 3. The molecule has 2 aromatic rings. The minimum Gasteiger partial charge on any atom is -0.468 e. The van der Waals surface area contributed by atoms with E-state index in [9.17, 15) is 4.79 Å². The van der Waals surface area contributed by atoms with Crippen molar-refractivity contribution in [1.29, 1.82) is 0 Å². The largest absolute Gasteiger partial charge is 0.468 e. The van der Waals surface area contributed by atoms with Gasteiger partial charge in [-0.05, 0) is 37.1 Å². The van der Waals surface area contributed by atoms with E-state index in [4.69, 9.17) is 16.0 Å². The summed E-state index contributed by atoms with van der Waals surface area (Å²) in [4.78, 5) is 14.6. The van der Waals surface area contributed by atoms with Crippen LogP contribution in [0.25, 0.3) is 0 Å². The molecular weight excluding hydrogens is 286 g/mol. The van der Waals surface area contributed by atoms with Crippen molar-refractivity contribution in [2.45, 2.75) is 31.8 Å². The van der Waals surface area contributed by atoms with Gasteiger partial charge in [0.05, 0.1) is 12.8 Å². The Kier molecular flexibility index (Phi) is 4.42. The predicted octanol–water partition coefficient (Wildman–Crippen LogP) is 4.17. The summed E-state index contributed by atoms with van der Waals surface area (Å²) in [6.07, 6.45) is 4.63. The summed E-state index contributed by atoms with van der Waals surface area (Å²) in [5, 5.41) is 0.607. The molecule has 1 aliphatic rings. The third kappa shape index (κ3) is 3.96. The van der Waals surface area contributed by atoms with E-state index in [1.165, 1.54) is 12.8 Å². The fourth-order valence-corrected chi connectivity index (χ4v) is 2.67. The Bertz CT molecular complexity index is 605. The monoisotopic (exact) mass is 303 g/mol. The molecule has 0 unspecified atom stereocenters. The number of rotatable bonds is 7. The van der Waals surface area contributed by atoms with Gasteiger partial charge in [-0.1, -0.05) is 23.7 Å². The van der Waals surface area contributed by atoms with Crippen molar-refractivity contribution >= 4 is 17.4 Å². The lowest BCUT2D eigenvalue weighted by Gasteiger charge is -2.20. The van der Waals surface area contributed by atoms with Crippen LogP contribution >= 0.6 is 11.6 Å². The van der Waals surface area contributed by atoms with E-state index in [1.807, 2.05) is 24.3 Å². The maximum atomic E-state index is 12.2. The minimum atomic E-state index is 0.141. The van der Waals surface area contributed by atoms with E-state index in [0.29, 0.717) is 23.0 Å². The lowest BCUT2D eigenvalue weighted by Crippen LogP contribution is -2.28. The van der Waals surface area contributed by atoms with Crippen molar-refractivity contribution in [3.63, 3.8) is 0 Å². The molecule has 0 radical (unpaired) electrons. The van der Waals surface area contributed by atoms with Crippen LogP contribution in [0.2, 0.25) is 5.02 Å². The molecule has 0 spiro atoms. The first-order chi connectivity index (χ1) is 10.2. The second-order valence-electron chi connectivity index (χ2n) is 5.46. The Hall–Kier alpha value is -1.58. The van der Waals surface area contributed by atoms with Crippen LogP contribution in [0, 0.1) is 0 Å². The second-order valence-corrected chi connectivity index (χ2v) is 5.90. The molecule has 1 aromatic heterocycles. The van der Waals surface area contributed by atoms with E-state index in [0.717, 1.165) is 18.8 Å². The maximum absolute atomic E-state index is 12.2. The lowest BCUT2D eigenvalue weighted by molar-refractivity contribution is 0.0957. The molecular formula is C17H18ClNO2. The quantitative estimate of drug-likeness (QED) is 0.720. The summed E-state index contributed by atoms with van der Waals surface area (Å²) in [5.41, 5.74) is 0.691. The first-order valence-electron chi connectivity index (χ1n) is 7.27. The Balaban J connectivity index is 1.58. The zero-order valence-electron chi connectivity index (χ0n) is 11.8. The number of carbonyl (C=O) groups is 1. The van der Waals surface area contributed by atoms with Gasteiger partial charge in [0.2, 0.25) is 0 Å². The van der Waals surface area contributed by atoms with Gasteiger partial charge in [-0.2, -0.15) is 0 Å². The van der Waals surface area contributed by atoms with Crippen LogP contribution in [0.4, 0.5) is 0 Å². The molecule has 1 aromatic carbocycles. The number of halogens is 1. The van der Waals surface area contributed by atoms with E-state index < -0.39 is 0 Å². The molecule has 1 aliphatic carbocycles. The van der Waals surface area contributed by atoms with E-state index >= 15 is 0 Å². The number of furan rings is 1. The molecule has 0 atom stereocenters. The zero-order valence-corrected chi connectivity index (χ0v) is 12.6. The van der Waals surface area contributed by atoms with E-state index in [-0.39, 0.29) is 5.78 Å². The summed E-state index contributed by atoms with van der Waals surface area (Å²) in [6, 6.07) is 11.6. The first kappa shape index (κ1) is 14.4. The number of ketones is 1. The highest BCUT2D eigenvalue weighted by molar-refractivity contribution is 6.31. The first-order valence-corrected chi connectivity index (χ1v) is 7.65. The summed E-state index contributed by atoms with van der Waals surface area (Å²) in [6.45, 7) is 1.54. The molecule has 110 valence electrons. The van der Waals surface area contributed by atoms with Gasteiger partial charge in [0, 0.05) is 29.6 Å². The van der Waals surface area contributed by atoms with E-state index in [1.54, 1.807) is 18.4 Å². The molecule has 0 saturated heterocycles. The van der Waals surface area contributed by atoms with Crippen molar-refractivity contribution in [2.24, 2.45) is 0 Å². The molecule has 21 heavy (non-hydrogen) atoms.